The summed E-state index contributed by atoms with van der Waals surface area (Å²) in [4.78, 5) is 14.3. The average Bonchev–Trinajstić information content (AvgIpc) is 3.08. The molecule has 0 saturated heterocycles. The highest BCUT2D eigenvalue weighted by molar-refractivity contribution is 6.30. The first kappa shape index (κ1) is 19.5. The summed E-state index contributed by atoms with van der Waals surface area (Å²) in [6, 6.07) is 11.6. The lowest BCUT2D eigenvalue weighted by atomic mass is 9.90. The summed E-state index contributed by atoms with van der Waals surface area (Å²) in [7, 11) is 0. The molecule has 0 atom stereocenters. The Bertz CT molecular complexity index is 1060. The summed E-state index contributed by atoms with van der Waals surface area (Å²) in [5, 5.41) is 5.37. The fourth-order valence-corrected chi connectivity index (χ4v) is 3.83. The van der Waals surface area contributed by atoms with Crippen LogP contribution >= 0.6 is 11.6 Å². The second-order valence-corrected chi connectivity index (χ2v) is 7.29. The molecule has 150 valence electrons. The number of nitrogens with zero attached hydrogens (tertiary/aromatic N) is 3. The zero-order valence-corrected chi connectivity index (χ0v) is 17.0. The standard InChI is InChI=1S/C22H21ClFN3O2/c1-3-26(4-2)22(28)29-21-20-18-11-6-15(23)13-14(18)5-12-19(20)25-27(21)17-9-7-16(24)8-10-17/h6-11,13H,3-5,12H2,1-2H3. The largest absolute Gasteiger partial charge is 0.416 e. The first-order chi connectivity index (χ1) is 14.0. The van der Waals surface area contributed by atoms with Crippen molar-refractivity contribution in [3.63, 3.8) is 0 Å². The van der Waals surface area contributed by atoms with Crippen LogP contribution in [-0.2, 0) is 12.8 Å². The number of hydrogen-bond acceptors (Lipinski definition) is 3. The van der Waals surface area contributed by atoms with Gasteiger partial charge in [0.05, 0.1) is 16.9 Å². The Morgan fingerprint density at radius 2 is 1.90 bits per heavy atom. The Hall–Kier alpha value is -2.86. The van der Waals surface area contributed by atoms with Crippen LogP contribution in [-0.4, -0.2) is 33.9 Å². The molecule has 1 amide bonds. The van der Waals surface area contributed by atoms with Gasteiger partial charge in [0.1, 0.15) is 5.82 Å². The Balaban J connectivity index is 1.88. The van der Waals surface area contributed by atoms with Crippen molar-refractivity contribution in [1.82, 2.24) is 14.7 Å². The fraction of sp³-hybridized carbons (Fsp3) is 0.273. The number of benzene rings is 2. The summed E-state index contributed by atoms with van der Waals surface area (Å²) >= 11 is 6.17. The van der Waals surface area contributed by atoms with E-state index in [9.17, 15) is 9.18 Å². The van der Waals surface area contributed by atoms with Crippen molar-refractivity contribution in [1.29, 1.82) is 0 Å². The lowest BCUT2D eigenvalue weighted by Crippen LogP contribution is -2.33. The second-order valence-electron chi connectivity index (χ2n) is 6.86. The predicted octanol–water partition coefficient (Wildman–Crippen LogP) is 5.27. The Kier molecular flexibility index (Phi) is 5.28. The second kappa shape index (κ2) is 7.87. The van der Waals surface area contributed by atoms with Gasteiger partial charge in [-0.3, -0.25) is 0 Å². The van der Waals surface area contributed by atoms with Crippen LogP contribution in [0.25, 0.3) is 16.8 Å². The van der Waals surface area contributed by atoms with Gasteiger partial charge in [0, 0.05) is 18.1 Å². The number of rotatable bonds is 4. The molecule has 0 saturated carbocycles. The molecule has 1 aliphatic carbocycles. The number of carbonyl (C=O) groups excluding carboxylic acids is 1. The first-order valence-electron chi connectivity index (χ1n) is 9.65. The highest BCUT2D eigenvalue weighted by Gasteiger charge is 2.29. The van der Waals surface area contributed by atoms with Crippen LogP contribution in [0.2, 0.25) is 5.02 Å². The molecule has 0 radical (unpaired) electrons. The molecule has 1 aliphatic rings. The van der Waals surface area contributed by atoms with Crippen LogP contribution in [0.15, 0.2) is 42.5 Å². The smallest absolute Gasteiger partial charge is 0.390 e. The van der Waals surface area contributed by atoms with Gasteiger partial charge in [0.25, 0.3) is 0 Å². The summed E-state index contributed by atoms with van der Waals surface area (Å²) in [6.45, 7) is 4.87. The summed E-state index contributed by atoms with van der Waals surface area (Å²) in [5.41, 5.74) is 4.29. The van der Waals surface area contributed by atoms with Crippen LogP contribution in [0.5, 0.6) is 5.88 Å². The molecule has 0 unspecified atom stereocenters. The molecule has 0 spiro atoms. The van der Waals surface area contributed by atoms with Crippen LogP contribution in [0.4, 0.5) is 9.18 Å². The maximum absolute atomic E-state index is 13.4. The molecule has 5 nitrogen and oxygen atoms in total. The molecule has 0 N–H and O–H groups in total. The van der Waals surface area contributed by atoms with Gasteiger partial charge >= 0.3 is 6.09 Å². The van der Waals surface area contributed by atoms with E-state index in [4.69, 9.17) is 21.4 Å². The molecule has 7 heteroatoms. The van der Waals surface area contributed by atoms with Crippen LogP contribution in [0, 0.1) is 5.82 Å². The lowest BCUT2D eigenvalue weighted by molar-refractivity contribution is 0.154. The van der Waals surface area contributed by atoms with E-state index in [2.05, 4.69) is 0 Å². The molecule has 1 aromatic heterocycles. The average molecular weight is 414 g/mol. The van der Waals surface area contributed by atoms with Gasteiger partial charge in [-0.05, 0) is 74.2 Å². The van der Waals surface area contributed by atoms with E-state index in [1.54, 1.807) is 21.7 Å². The first-order valence-corrected chi connectivity index (χ1v) is 10.0. The van der Waals surface area contributed by atoms with Gasteiger partial charge in [0.2, 0.25) is 5.88 Å². The quantitative estimate of drug-likeness (QED) is 0.585. The van der Waals surface area contributed by atoms with Crippen LogP contribution < -0.4 is 4.74 Å². The summed E-state index contributed by atoms with van der Waals surface area (Å²) in [6.07, 6.45) is 1.06. The number of ether oxygens (including phenoxy) is 1. The Morgan fingerprint density at radius 3 is 2.59 bits per heavy atom. The number of halogens is 2. The number of amides is 1. The molecular weight excluding hydrogens is 393 g/mol. The number of aromatic nitrogens is 2. The normalized spacial score (nSPS) is 12.3. The number of aryl methyl sites for hydroxylation is 2. The van der Waals surface area contributed by atoms with Gasteiger partial charge in [-0.1, -0.05) is 17.7 Å². The van der Waals surface area contributed by atoms with Crippen molar-refractivity contribution in [2.24, 2.45) is 0 Å². The number of fused-ring (bicyclic) bond motifs is 3. The molecule has 2 aromatic carbocycles. The van der Waals surface area contributed by atoms with Crippen molar-refractivity contribution < 1.29 is 13.9 Å². The molecular formula is C22H21ClFN3O2. The zero-order chi connectivity index (χ0) is 20.5. The van der Waals surface area contributed by atoms with Gasteiger partial charge in [-0.2, -0.15) is 9.78 Å². The van der Waals surface area contributed by atoms with Gasteiger partial charge in [0.15, 0.2) is 0 Å². The van der Waals surface area contributed by atoms with Gasteiger partial charge < -0.3 is 9.64 Å². The Morgan fingerprint density at radius 1 is 1.17 bits per heavy atom. The monoisotopic (exact) mass is 413 g/mol. The molecule has 0 aliphatic heterocycles. The molecule has 3 aromatic rings. The van der Waals surface area contributed by atoms with E-state index in [0.717, 1.165) is 28.8 Å². The maximum atomic E-state index is 13.4. The lowest BCUT2D eigenvalue weighted by Gasteiger charge is -2.20. The van der Waals surface area contributed by atoms with Crippen molar-refractivity contribution in [3.8, 4) is 22.7 Å². The van der Waals surface area contributed by atoms with Crippen LogP contribution in [0.1, 0.15) is 25.1 Å². The van der Waals surface area contributed by atoms with E-state index in [1.807, 2.05) is 32.0 Å². The van der Waals surface area contributed by atoms with E-state index >= 15 is 0 Å². The third kappa shape index (κ3) is 3.60. The van der Waals surface area contributed by atoms with Gasteiger partial charge in [-0.15, -0.1) is 0 Å². The molecule has 29 heavy (non-hydrogen) atoms. The van der Waals surface area contributed by atoms with Crippen molar-refractivity contribution in [2.45, 2.75) is 26.7 Å². The van der Waals surface area contributed by atoms with E-state index in [1.165, 1.54) is 12.1 Å². The molecule has 0 bridgehead atoms. The molecule has 0 fully saturated rings. The maximum Gasteiger partial charge on any atom is 0.416 e. The summed E-state index contributed by atoms with van der Waals surface area (Å²) in [5.74, 6) is -0.000812. The highest BCUT2D eigenvalue weighted by atomic mass is 35.5. The minimum absolute atomic E-state index is 0.340. The third-order valence-corrected chi connectivity index (χ3v) is 5.40. The van der Waals surface area contributed by atoms with Crippen LogP contribution in [0.3, 0.4) is 0 Å². The van der Waals surface area contributed by atoms with Crippen molar-refractivity contribution >= 4 is 17.7 Å². The van der Waals surface area contributed by atoms with E-state index < -0.39 is 6.09 Å². The Labute approximate surface area is 173 Å². The topological polar surface area (TPSA) is 47.4 Å². The fourth-order valence-electron chi connectivity index (χ4n) is 3.64. The predicted molar refractivity (Wildman–Crippen MR) is 110 cm³/mol. The molecule has 4 rings (SSSR count). The number of hydrogen-bond donors (Lipinski definition) is 0. The zero-order valence-electron chi connectivity index (χ0n) is 16.3. The highest BCUT2D eigenvalue weighted by Crippen LogP contribution is 2.42. The molecule has 1 heterocycles. The summed E-state index contributed by atoms with van der Waals surface area (Å²) < 4.78 is 20.9. The SMILES string of the molecule is CCN(CC)C(=O)Oc1c2c(nn1-c1ccc(F)cc1)CCc1cc(Cl)ccc1-2. The van der Waals surface area contributed by atoms with Gasteiger partial charge in [-0.25, -0.2) is 9.18 Å². The minimum Gasteiger partial charge on any atom is -0.390 e. The van der Waals surface area contributed by atoms with Crippen molar-refractivity contribution in [2.75, 3.05) is 13.1 Å². The van der Waals surface area contributed by atoms with E-state index in [0.29, 0.717) is 36.1 Å². The minimum atomic E-state index is -0.442. The van der Waals surface area contributed by atoms with Crippen molar-refractivity contribution in [3.05, 3.63) is 64.6 Å². The van der Waals surface area contributed by atoms with E-state index in [-0.39, 0.29) is 5.82 Å². The number of carbonyl (C=O) groups is 1. The third-order valence-electron chi connectivity index (χ3n) is 5.16.